The van der Waals surface area contributed by atoms with Gasteiger partial charge in [0.15, 0.2) is 0 Å². The monoisotopic (exact) mass is 264 g/mol. The minimum atomic E-state index is 0. The second-order valence-corrected chi connectivity index (χ2v) is 4.26. The standard InChI is InChI=1S/C11H25N2.BrH/c1-4-7-12-8-10-13(5-2,6-3)11-9-12;/h4-11H2,1-3H3;1H/q+1;/p-1. The summed E-state index contributed by atoms with van der Waals surface area (Å²) < 4.78 is 1.35. The Bertz CT molecular complexity index is 136. The van der Waals surface area contributed by atoms with Crippen LogP contribution in [-0.4, -0.2) is 55.2 Å². The molecule has 14 heavy (non-hydrogen) atoms. The molecule has 3 heteroatoms. The summed E-state index contributed by atoms with van der Waals surface area (Å²) in [5, 5.41) is 0. The smallest absolute Gasteiger partial charge is 0.0916 e. The van der Waals surface area contributed by atoms with E-state index < -0.39 is 0 Å². The zero-order valence-electron chi connectivity index (χ0n) is 9.93. The zero-order chi connectivity index (χ0) is 9.73. The fourth-order valence-electron chi connectivity index (χ4n) is 2.33. The third-order valence-electron chi connectivity index (χ3n) is 3.66. The molecule has 2 nitrogen and oxygen atoms in total. The van der Waals surface area contributed by atoms with Gasteiger partial charge in [0.1, 0.15) is 0 Å². The largest absolute Gasteiger partial charge is 1.00 e. The Morgan fingerprint density at radius 3 is 1.86 bits per heavy atom. The maximum absolute atomic E-state index is 2.61. The van der Waals surface area contributed by atoms with E-state index in [4.69, 9.17) is 0 Å². The molecule has 0 unspecified atom stereocenters. The highest BCUT2D eigenvalue weighted by molar-refractivity contribution is 4.62. The lowest BCUT2D eigenvalue weighted by molar-refractivity contribution is -0.928. The predicted octanol–water partition coefficient (Wildman–Crippen LogP) is -1.43. The van der Waals surface area contributed by atoms with E-state index in [1.165, 1.54) is 56.7 Å². The number of rotatable bonds is 4. The minimum Gasteiger partial charge on any atom is -1.00 e. The average molecular weight is 265 g/mol. The molecule has 0 aromatic rings. The molecular formula is C11H25BrN2. The summed E-state index contributed by atoms with van der Waals surface area (Å²) >= 11 is 0. The first-order valence-electron chi connectivity index (χ1n) is 5.83. The van der Waals surface area contributed by atoms with Crippen LogP contribution in [0.2, 0.25) is 0 Å². The van der Waals surface area contributed by atoms with Crippen LogP contribution < -0.4 is 17.0 Å². The number of halogens is 1. The molecule has 0 bridgehead atoms. The van der Waals surface area contributed by atoms with Gasteiger partial charge in [-0.15, -0.1) is 0 Å². The van der Waals surface area contributed by atoms with Gasteiger partial charge in [0.25, 0.3) is 0 Å². The first kappa shape index (κ1) is 14.4. The lowest BCUT2D eigenvalue weighted by Crippen LogP contribution is -3.00. The van der Waals surface area contributed by atoms with Gasteiger partial charge in [-0.3, -0.25) is 4.90 Å². The molecule has 1 heterocycles. The van der Waals surface area contributed by atoms with Crippen LogP contribution in [-0.2, 0) is 0 Å². The number of nitrogens with zero attached hydrogens (tertiary/aromatic N) is 2. The molecule has 0 aromatic carbocycles. The minimum absolute atomic E-state index is 0. The second-order valence-electron chi connectivity index (χ2n) is 4.26. The summed E-state index contributed by atoms with van der Waals surface area (Å²) in [5.74, 6) is 0. The van der Waals surface area contributed by atoms with Crippen LogP contribution in [0, 0.1) is 0 Å². The number of hydrogen-bond donors (Lipinski definition) is 0. The van der Waals surface area contributed by atoms with Crippen LogP contribution >= 0.6 is 0 Å². The fraction of sp³-hybridized carbons (Fsp3) is 1.00. The molecule has 1 aliphatic rings. The van der Waals surface area contributed by atoms with Gasteiger partial charge in [-0.05, 0) is 26.8 Å². The summed E-state index contributed by atoms with van der Waals surface area (Å²) in [6.45, 7) is 16.2. The normalized spacial score (nSPS) is 21.6. The van der Waals surface area contributed by atoms with E-state index in [0.717, 1.165) is 0 Å². The van der Waals surface area contributed by atoms with Crippen LogP contribution in [0.3, 0.4) is 0 Å². The third-order valence-corrected chi connectivity index (χ3v) is 3.66. The quantitative estimate of drug-likeness (QED) is 0.564. The van der Waals surface area contributed by atoms with Crippen LogP contribution in [0.1, 0.15) is 27.2 Å². The van der Waals surface area contributed by atoms with E-state index in [9.17, 15) is 0 Å². The second kappa shape index (κ2) is 6.81. The SMILES string of the molecule is CCCN1CC[N+](CC)(CC)CC1.[Br-]. The highest BCUT2D eigenvalue weighted by Gasteiger charge is 2.28. The topological polar surface area (TPSA) is 3.24 Å². The first-order valence-corrected chi connectivity index (χ1v) is 5.83. The van der Waals surface area contributed by atoms with E-state index >= 15 is 0 Å². The van der Waals surface area contributed by atoms with Crippen LogP contribution in [0.25, 0.3) is 0 Å². The van der Waals surface area contributed by atoms with E-state index in [0.29, 0.717) is 0 Å². The highest BCUT2D eigenvalue weighted by Crippen LogP contribution is 2.12. The highest BCUT2D eigenvalue weighted by atomic mass is 79.9. The number of quaternary nitrogens is 1. The fourth-order valence-corrected chi connectivity index (χ4v) is 2.33. The molecule has 0 saturated carbocycles. The van der Waals surface area contributed by atoms with Crippen LogP contribution in [0.15, 0.2) is 0 Å². The molecule has 86 valence electrons. The summed E-state index contributed by atoms with van der Waals surface area (Å²) in [4.78, 5) is 2.61. The van der Waals surface area contributed by atoms with Gasteiger partial charge >= 0.3 is 0 Å². The van der Waals surface area contributed by atoms with Crippen molar-refractivity contribution < 1.29 is 21.5 Å². The van der Waals surface area contributed by atoms with Gasteiger partial charge in [0.2, 0.25) is 0 Å². The van der Waals surface area contributed by atoms with Gasteiger partial charge < -0.3 is 21.5 Å². The molecule has 0 amide bonds. The van der Waals surface area contributed by atoms with Crippen molar-refractivity contribution in [3.63, 3.8) is 0 Å². The molecule has 1 aliphatic heterocycles. The Kier molecular flexibility index (Phi) is 7.00. The molecule has 1 fully saturated rings. The predicted molar refractivity (Wildman–Crippen MR) is 57.8 cm³/mol. The summed E-state index contributed by atoms with van der Waals surface area (Å²) in [6.07, 6.45) is 1.30. The van der Waals surface area contributed by atoms with Crippen LogP contribution in [0.4, 0.5) is 0 Å². The van der Waals surface area contributed by atoms with Gasteiger partial charge in [-0.2, -0.15) is 0 Å². The summed E-state index contributed by atoms with van der Waals surface area (Å²) in [7, 11) is 0. The molecule has 0 atom stereocenters. The van der Waals surface area contributed by atoms with Crippen molar-refractivity contribution >= 4 is 0 Å². The van der Waals surface area contributed by atoms with Crippen molar-refractivity contribution in [1.82, 2.24) is 4.90 Å². The van der Waals surface area contributed by atoms with Gasteiger partial charge in [-0.1, -0.05) is 6.92 Å². The van der Waals surface area contributed by atoms with Crippen molar-refractivity contribution in [3.05, 3.63) is 0 Å². The van der Waals surface area contributed by atoms with Gasteiger partial charge in [0, 0.05) is 13.1 Å². The maximum atomic E-state index is 2.61. The van der Waals surface area contributed by atoms with Crippen molar-refractivity contribution in [2.45, 2.75) is 27.2 Å². The Balaban J connectivity index is 0.00000169. The number of piperazine rings is 1. The van der Waals surface area contributed by atoms with Crippen molar-refractivity contribution in [3.8, 4) is 0 Å². The molecular weight excluding hydrogens is 240 g/mol. The van der Waals surface area contributed by atoms with E-state index in [1.807, 2.05) is 0 Å². The first-order chi connectivity index (χ1) is 6.26. The lowest BCUT2D eigenvalue weighted by Gasteiger charge is -2.43. The Labute approximate surface area is 99.6 Å². The molecule has 0 N–H and O–H groups in total. The van der Waals surface area contributed by atoms with Gasteiger partial charge in [-0.25, -0.2) is 0 Å². The van der Waals surface area contributed by atoms with Crippen molar-refractivity contribution in [2.75, 3.05) is 45.8 Å². The van der Waals surface area contributed by atoms with E-state index in [1.54, 1.807) is 0 Å². The zero-order valence-corrected chi connectivity index (χ0v) is 11.5. The van der Waals surface area contributed by atoms with E-state index in [-0.39, 0.29) is 17.0 Å². The lowest BCUT2D eigenvalue weighted by atomic mass is 10.2. The molecule has 0 spiro atoms. The number of hydrogen-bond acceptors (Lipinski definition) is 1. The molecule has 1 rings (SSSR count). The summed E-state index contributed by atoms with van der Waals surface area (Å²) in [6, 6.07) is 0. The molecule has 1 saturated heterocycles. The molecule has 0 aromatic heterocycles. The molecule has 0 radical (unpaired) electrons. The van der Waals surface area contributed by atoms with Crippen LogP contribution in [0.5, 0.6) is 0 Å². The number of likely N-dealkylation sites (N-methyl/N-ethyl adjacent to an activating group) is 1. The Morgan fingerprint density at radius 2 is 1.50 bits per heavy atom. The maximum Gasteiger partial charge on any atom is 0.0916 e. The Hall–Kier alpha value is 0.400. The van der Waals surface area contributed by atoms with Crippen molar-refractivity contribution in [1.29, 1.82) is 0 Å². The average Bonchev–Trinajstić information content (AvgIpc) is 2.20. The van der Waals surface area contributed by atoms with Gasteiger partial charge in [0.05, 0.1) is 26.2 Å². The third kappa shape index (κ3) is 3.52. The summed E-state index contributed by atoms with van der Waals surface area (Å²) in [5.41, 5.74) is 0. The Morgan fingerprint density at radius 1 is 1.00 bits per heavy atom. The molecule has 0 aliphatic carbocycles. The van der Waals surface area contributed by atoms with E-state index in [2.05, 4.69) is 25.7 Å². The van der Waals surface area contributed by atoms with Crippen molar-refractivity contribution in [2.24, 2.45) is 0 Å².